The fourth-order valence-electron chi connectivity index (χ4n) is 5.94. The molecule has 2 aliphatic carbocycles. The van der Waals surface area contributed by atoms with E-state index in [-0.39, 0.29) is 11.3 Å². The molecule has 0 N–H and O–H groups in total. The molecule has 2 fully saturated rings. The van der Waals surface area contributed by atoms with Crippen molar-refractivity contribution in [1.82, 2.24) is 19.6 Å². The van der Waals surface area contributed by atoms with E-state index in [1.54, 1.807) is 0 Å². The first kappa shape index (κ1) is 33.4. The lowest BCUT2D eigenvalue weighted by molar-refractivity contribution is -0.147. The van der Waals surface area contributed by atoms with Crippen LogP contribution in [0.3, 0.4) is 0 Å². The van der Waals surface area contributed by atoms with Crippen molar-refractivity contribution >= 4 is 11.9 Å². The Balaban J connectivity index is 0.000000230. The number of ether oxygens (including phenoxy) is 2. The number of alkyl halides is 6. The maximum absolute atomic E-state index is 12.8. The summed E-state index contributed by atoms with van der Waals surface area (Å²) in [5, 5.41) is 7.37. The van der Waals surface area contributed by atoms with Gasteiger partial charge >= 0.3 is 24.3 Å². The number of hydrogen-bond donors (Lipinski definition) is 0. The van der Waals surface area contributed by atoms with Gasteiger partial charge in [-0.15, -0.1) is 0 Å². The Labute approximate surface area is 240 Å². The Morgan fingerprint density at radius 1 is 0.857 bits per heavy atom. The summed E-state index contributed by atoms with van der Waals surface area (Å²) >= 11 is 0. The summed E-state index contributed by atoms with van der Waals surface area (Å²) in [5.41, 5.74) is -1.77. The second-order valence-corrected chi connectivity index (χ2v) is 11.1. The molecule has 0 unspecified atom stereocenters. The van der Waals surface area contributed by atoms with Crippen LogP contribution in [-0.2, 0) is 31.4 Å². The predicted octanol–water partition coefficient (Wildman–Crippen LogP) is 7.01. The summed E-state index contributed by atoms with van der Waals surface area (Å²) in [4.78, 5) is 23.9. The molecule has 14 heteroatoms. The van der Waals surface area contributed by atoms with Gasteiger partial charge < -0.3 is 9.47 Å². The highest BCUT2D eigenvalue weighted by atomic mass is 19.4. The van der Waals surface area contributed by atoms with Crippen LogP contribution in [0.25, 0.3) is 0 Å². The van der Waals surface area contributed by atoms with E-state index in [1.807, 2.05) is 0 Å². The molecule has 2 aromatic heterocycles. The highest BCUT2D eigenvalue weighted by Gasteiger charge is 2.39. The largest absolute Gasteiger partial charge is 0.467 e. The third-order valence-electron chi connectivity index (χ3n) is 8.16. The number of carbonyl (C=O) groups is 2. The molecule has 2 aliphatic rings. The van der Waals surface area contributed by atoms with Gasteiger partial charge in [0.25, 0.3) is 0 Å². The highest BCUT2D eigenvalue weighted by molar-refractivity contribution is 5.74. The minimum Gasteiger partial charge on any atom is -0.467 e. The fraction of sp³-hybridized carbons (Fsp3) is 0.714. The minimum absolute atomic E-state index is 0.0165. The molecular weight excluding hydrogens is 570 g/mol. The molecule has 2 heterocycles. The Hall–Kier alpha value is -3.06. The van der Waals surface area contributed by atoms with E-state index in [9.17, 15) is 35.9 Å². The number of hydrogen-bond acceptors (Lipinski definition) is 6. The Morgan fingerprint density at radius 2 is 1.33 bits per heavy atom. The third-order valence-corrected chi connectivity index (χ3v) is 8.16. The molecular formula is C28H38F6N4O4. The van der Waals surface area contributed by atoms with E-state index < -0.39 is 47.6 Å². The summed E-state index contributed by atoms with van der Waals surface area (Å²) in [6.07, 6.45) is 2.44. The number of methoxy groups -OCH3 is 2. The fourth-order valence-corrected chi connectivity index (χ4v) is 5.94. The molecule has 42 heavy (non-hydrogen) atoms. The second-order valence-electron chi connectivity index (χ2n) is 11.1. The van der Waals surface area contributed by atoms with Crippen LogP contribution in [0.4, 0.5) is 26.3 Å². The van der Waals surface area contributed by atoms with Gasteiger partial charge in [0.1, 0.15) is 12.1 Å². The molecule has 0 amide bonds. The van der Waals surface area contributed by atoms with E-state index in [0.29, 0.717) is 24.7 Å². The normalized spacial score (nSPS) is 18.0. The maximum atomic E-state index is 12.8. The zero-order valence-corrected chi connectivity index (χ0v) is 24.2. The summed E-state index contributed by atoms with van der Waals surface area (Å²) in [5.74, 6) is -0.403. The molecule has 0 saturated heterocycles. The number of halogens is 6. The second kappa shape index (κ2) is 13.9. The van der Waals surface area contributed by atoms with E-state index in [4.69, 9.17) is 9.47 Å². The summed E-state index contributed by atoms with van der Waals surface area (Å²) in [6.45, 7) is 2.68. The molecule has 0 spiro atoms. The Kier molecular flexibility index (Phi) is 11.1. The van der Waals surface area contributed by atoms with Crippen LogP contribution >= 0.6 is 0 Å². The highest BCUT2D eigenvalue weighted by Crippen LogP contribution is 2.37. The molecule has 0 aromatic carbocycles. The van der Waals surface area contributed by atoms with Gasteiger partial charge in [0.05, 0.1) is 26.0 Å². The van der Waals surface area contributed by atoms with Crippen LogP contribution in [-0.4, -0.2) is 45.7 Å². The van der Waals surface area contributed by atoms with Crippen molar-refractivity contribution in [1.29, 1.82) is 0 Å². The smallest absolute Gasteiger partial charge is 0.435 e. The van der Waals surface area contributed by atoms with E-state index in [1.165, 1.54) is 34.3 Å². The first-order chi connectivity index (χ1) is 19.7. The number of nitrogens with zero attached hydrogens (tertiary/aromatic N) is 4. The number of carbonyl (C=O) groups excluding carboxylic acids is 2. The van der Waals surface area contributed by atoms with Crippen LogP contribution in [0.2, 0.25) is 0 Å². The average molecular weight is 609 g/mol. The summed E-state index contributed by atoms with van der Waals surface area (Å²) in [6, 6.07) is -1.57. The number of aromatic nitrogens is 4. The van der Waals surface area contributed by atoms with Crippen LogP contribution in [0, 0.1) is 25.7 Å². The molecule has 4 rings (SSSR count). The number of rotatable bonds is 8. The first-order valence-corrected chi connectivity index (χ1v) is 14.1. The average Bonchev–Trinajstić information content (AvgIpc) is 3.72. The van der Waals surface area contributed by atoms with Gasteiger partial charge in [-0.3, -0.25) is 9.36 Å². The van der Waals surface area contributed by atoms with Crippen molar-refractivity contribution in [3.63, 3.8) is 0 Å². The van der Waals surface area contributed by atoms with Gasteiger partial charge in [-0.05, 0) is 44.1 Å². The van der Waals surface area contributed by atoms with E-state index in [2.05, 4.69) is 10.2 Å². The molecule has 2 saturated carbocycles. The standard InChI is InChI=1S/2C14H19F3N2O2/c1-9-11(14(15,16)17)8-18-19(9)12(13(20)21-2)7-10-5-3-4-6-10;1-9-8-19(18-12(9)14(15,16)17)11(13(20)21-2)7-10-5-3-4-6-10/h8,10,12H,3-7H2,1-2H3;8,10-11H,3-7H2,1-2H3/t12-;11-/m00/s1. The Morgan fingerprint density at radius 3 is 1.74 bits per heavy atom. The van der Waals surface area contributed by atoms with Gasteiger partial charge in [0, 0.05) is 11.9 Å². The van der Waals surface area contributed by atoms with Crippen LogP contribution in [0.15, 0.2) is 12.4 Å². The minimum atomic E-state index is -4.51. The Bertz CT molecular complexity index is 1180. The molecule has 0 aliphatic heterocycles. The van der Waals surface area contributed by atoms with Gasteiger partial charge in [0.15, 0.2) is 5.69 Å². The van der Waals surface area contributed by atoms with Crippen molar-refractivity contribution in [2.24, 2.45) is 11.8 Å². The number of aryl methyl sites for hydroxylation is 1. The van der Waals surface area contributed by atoms with Crippen LogP contribution in [0.1, 0.15) is 98.8 Å². The monoisotopic (exact) mass is 608 g/mol. The number of esters is 2. The maximum Gasteiger partial charge on any atom is 0.435 e. The van der Waals surface area contributed by atoms with Crippen molar-refractivity contribution in [3.05, 3.63) is 34.9 Å². The SMILES string of the molecule is COC(=O)[C@H](CC1CCCC1)n1cc(C)c(C(F)(F)F)n1.COC(=O)[C@H](CC1CCCC1)n1ncc(C(F)(F)F)c1C. The molecule has 0 bridgehead atoms. The van der Waals surface area contributed by atoms with Crippen molar-refractivity contribution in [3.8, 4) is 0 Å². The van der Waals surface area contributed by atoms with E-state index in [0.717, 1.165) is 66.9 Å². The zero-order chi connectivity index (χ0) is 31.2. The topological polar surface area (TPSA) is 88.2 Å². The van der Waals surface area contributed by atoms with Crippen LogP contribution in [0.5, 0.6) is 0 Å². The van der Waals surface area contributed by atoms with Crippen molar-refractivity contribution in [2.75, 3.05) is 14.2 Å². The lowest BCUT2D eigenvalue weighted by Gasteiger charge is -2.20. The lowest BCUT2D eigenvalue weighted by atomic mass is 9.98. The predicted molar refractivity (Wildman–Crippen MR) is 139 cm³/mol. The third kappa shape index (κ3) is 8.27. The zero-order valence-electron chi connectivity index (χ0n) is 24.2. The molecule has 2 aromatic rings. The van der Waals surface area contributed by atoms with Crippen molar-refractivity contribution in [2.45, 2.75) is 102 Å². The van der Waals surface area contributed by atoms with Crippen molar-refractivity contribution < 1.29 is 45.4 Å². The molecule has 2 atom stereocenters. The van der Waals surface area contributed by atoms with Gasteiger partial charge in [0.2, 0.25) is 0 Å². The first-order valence-electron chi connectivity index (χ1n) is 14.1. The molecule has 8 nitrogen and oxygen atoms in total. The summed E-state index contributed by atoms with van der Waals surface area (Å²) < 4.78 is 88.7. The van der Waals surface area contributed by atoms with Gasteiger partial charge in [-0.25, -0.2) is 9.59 Å². The molecule has 236 valence electrons. The van der Waals surface area contributed by atoms with Gasteiger partial charge in [-0.2, -0.15) is 36.5 Å². The quantitative estimate of drug-likeness (QED) is 0.237. The van der Waals surface area contributed by atoms with Crippen LogP contribution < -0.4 is 0 Å². The lowest BCUT2D eigenvalue weighted by Crippen LogP contribution is -2.25. The summed E-state index contributed by atoms with van der Waals surface area (Å²) in [7, 11) is 2.48. The molecule has 0 radical (unpaired) electrons. The van der Waals surface area contributed by atoms with E-state index >= 15 is 0 Å². The van der Waals surface area contributed by atoms with Gasteiger partial charge in [-0.1, -0.05) is 51.4 Å².